The van der Waals surface area contributed by atoms with E-state index >= 15 is 0 Å². The summed E-state index contributed by atoms with van der Waals surface area (Å²) in [5, 5.41) is 0. The van der Waals surface area contributed by atoms with Crippen molar-refractivity contribution >= 4 is 34.0 Å². The van der Waals surface area contributed by atoms with Crippen LogP contribution in [0.1, 0.15) is 24.2 Å². The number of nitrogens with zero attached hydrogens (tertiary/aromatic N) is 3. The van der Waals surface area contributed by atoms with E-state index in [1.165, 1.54) is 0 Å². The van der Waals surface area contributed by atoms with Crippen molar-refractivity contribution in [2.24, 2.45) is 5.92 Å². The van der Waals surface area contributed by atoms with Crippen LogP contribution >= 0.6 is 0 Å². The summed E-state index contributed by atoms with van der Waals surface area (Å²) >= 11 is 0. The van der Waals surface area contributed by atoms with E-state index in [4.69, 9.17) is 20.2 Å². The van der Waals surface area contributed by atoms with Gasteiger partial charge in [0.25, 0.3) is 0 Å². The molecule has 4 rings (SSSR count). The van der Waals surface area contributed by atoms with Crippen LogP contribution in [0.3, 0.4) is 0 Å². The van der Waals surface area contributed by atoms with E-state index < -0.39 is 5.97 Å². The Balaban J connectivity index is 2.00. The zero-order valence-corrected chi connectivity index (χ0v) is 16.5. The van der Waals surface area contributed by atoms with Gasteiger partial charge in [-0.1, -0.05) is 32.0 Å². The predicted molar refractivity (Wildman–Crippen MR) is 112 cm³/mol. The predicted octanol–water partition coefficient (Wildman–Crippen LogP) is 3.98. The monoisotopic (exact) mass is 390 g/mol. The SMILES string of the molecule is COc1cccc(-n2c(N)c(C(=O)OCC(C)C)c3nc4ccccc4nc32)c1. The Morgan fingerprint density at radius 2 is 1.83 bits per heavy atom. The highest BCUT2D eigenvalue weighted by Crippen LogP contribution is 2.32. The number of rotatable bonds is 5. The Bertz CT molecular complexity index is 1210. The Kier molecular flexibility index (Phi) is 4.80. The first kappa shape index (κ1) is 18.7. The highest BCUT2D eigenvalue weighted by atomic mass is 16.5. The van der Waals surface area contributed by atoms with E-state index in [9.17, 15) is 4.79 Å². The van der Waals surface area contributed by atoms with Gasteiger partial charge in [0.1, 0.15) is 22.6 Å². The van der Waals surface area contributed by atoms with Crippen molar-refractivity contribution in [2.45, 2.75) is 13.8 Å². The standard InChI is InChI=1S/C22H22N4O3/c1-13(2)12-29-22(27)18-19-21(25-17-10-5-4-9-16(17)24-19)26(20(18)23)14-7-6-8-15(11-14)28-3/h4-11,13H,12,23H2,1-3H3. The van der Waals surface area contributed by atoms with Gasteiger partial charge in [-0.05, 0) is 30.2 Å². The summed E-state index contributed by atoms with van der Waals surface area (Å²) in [5.41, 5.74) is 9.70. The lowest BCUT2D eigenvalue weighted by atomic mass is 10.2. The molecular weight excluding hydrogens is 368 g/mol. The Hall–Kier alpha value is -3.61. The number of carbonyl (C=O) groups is 1. The van der Waals surface area contributed by atoms with Gasteiger partial charge >= 0.3 is 5.97 Å². The summed E-state index contributed by atoms with van der Waals surface area (Å²) in [7, 11) is 1.60. The maximum absolute atomic E-state index is 12.9. The summed E-state index contributed by atoms with van der Waals surface area (Å²) in [6, 6.07) is 14.9. The molecular formula is C22H22N4O3. The molecule has 2 heterocycles. The van der Waals surface area contributed by atoms with Gasteiger partial charge in [0, 0.05) is 6.07 Å². The van der Waals surface area contributed by atoms with Crippen LogP contribution in [0.25, 0.3) is 27.9 Å². The maximum atomic E-state index is 12.9. The minimum atomic E-state index is -0.507. The minimum absolute atomic E-state index is 0.207. The van der Waals surface area contributed by atoms with Crippen LogP contribution in [0, 0.1) is 5.92 Å². The zero-order chi connectivity index (χ0) is 20.5. The molecule has 2 aromatic heterocycles. The maximum Gasteiger partial charge on any atom is 0.344 e. The van der Waals surface area contributed by atoms with Crippen LogP contribution in [0.4, 0.5) is 5.82 Å². The molecule has 0 aliphatic rings. The molecule has 7 heteroatoms. The van der Waals surface area contributed by atoms with Crippen molar-refractivity contribution in [3.8, 4) is 11.4 Å². The molecule has 0 bridgehead atoms. The fourth-order valence-electron chi connectivity index (χ4n) is 3.19. The zero-order valence-electron chi connectivity index (χ0n) is 16.5. The molecule has 2 N–H and O–H groups in total. The topological polar surface area (TPSA) is 92.3 Å². The van der Waals surface area contributed by atoms with Crippen LogP contribution in [0.2, 0.25) is 0 Å². The highest BCUT2D eigenvalue weighted by molar-refractivity contribution is 6.09. The molecule has 4 aromatic rings. The van der Waals surface area contributed by atoms with E-state index in [2.05, 4.69) is 4.98 Å². The molecule has 0 radical (unpaired) electrons. The number of hydrogen-bond acceptors (Lipinski definition) is 6. The first-order valence-corrected chi connectivity index (χ1v) is 9.37. The number of hydrogen-bond donors (Lipinski definition) is 1. The molecule has 0 spiro atoms. The third kappa shape index (κ3) is 3.35. The Labute approximate surface area is 168 Å². The van der Waals surface area contributed by atoms with Gasteiger partial charge in [-0.3, -0.25) is 4.57 Å². The fraction of sp³-hybridized carbons (Fsp3) is 0.227. The smallest absolute Gasteiger partial charge is 0.344 e. The van der Waals surface area contributed by atoms with Crippen LogP contribution in [0.5, 0.6) is 5.75 Å². The van der Waals surface area contributed by atoms with E-state index in [0.29, 0.717) is 34.6 Å². The molecule has 0 saturated carbocycles. The van der Waals surface area contributed by atoms with E-state index in [1.54, 1.807) is 11.7 Å². The van der Waals surface area contributed by atoms with Crippen LogP contribution in [-0.2, 0) is 4.74 Å². The van der Waals surface area contributed by atoms with Gasteiger partial charge in [-0.25, -0.2) is 14.8 Å². The number of anilines is 1. The normalized spacial score (nSPS) is 11.3. The third-order valence-corrected chi connectivity index (χ3v) is 4.56. The third-order valence-electron chi connectivity index (χ3n) is 4.56. The van der Waals surface area contributed by atoms with Gasteiger partial charge < -0.3 is 15.2 Å². The number of aromatic nitrogens is 3. The molecule has 0 fully saturated rings. The lowest BCUT2D eigenvalue weighted by Gasteiger charge is -2.10. The van der Waals surface area contributed by atoms with Crippen LogP contribution in [-0.4, -0.2) is 34.2 Å². The first-order chi connectivity index (χ1) is 14.0. The van der Waals surface area contributed by atoms with Gasteiger partial charge in [0.15, 0.2) is 5.65 Å². The van der Waals surface area contributed by atoms with Crippen molar-refractivity contribution in [3.05, 3.63) is 54.1 Å². The van der Waals surface area contributed by atoms with Gasteiger partial charge in [0.2, 0.25) is 0 Å². The van der Waals surface area contributed by atoms with Crippen molar-refractivity contribution in [1.29, 1.82) is 0 Å². The first-order valence-electron chi connectivity index (χ1n) is 9.37. The number of carbonyl (C=O) groups excluding carboxylic acids is 1. The van der Waals surface area contributed by atoms with Crippen molar-refractivity contribution in [1.82, 2.24) is 14.5 Å². The summed E-state index contributed by atoms with van der Waals surface area (Å²) < 4.78 is 12.5. The number of methoxy groups -OCH3 is 1. The Morgan fingerprint density at radius 3 is 2.52 bits per heavy atom. The lowest BCUT2D eigenvalue weighted by Crippen LogP contribution is -2.12. The molecule has 2 aromatic carbocycles. The second-order valence-corrected chi connectivity index (χ2v) is 7.17. The number of benzene rings is 2. The van der Waals surface area contributed by atoms with Gasteiger partial charge in [-0.2, -0.15) is 0 Å². The number of fused-ring (bicyclic) bond motifs is 2. The van der Waals surface area contributed by atoms with E-state index in [0.717, 1.165) is 5.69 Å². The average molecular weight is 390 g/mol. The molecule has 0 aliphatic carbocycles. The number of nitrogen functional groups attached to an aromatic ring is 1. The molecule has 148 valence electrons. The Morgan fingerprint density at radius 1 is 1.10 bits per heavy atom. The van der Waals surface area contributed by atoms with Crippen molar-refractivity contribution < 1.29 is 14.3 Å². The molecule has 0 unspecified atom stereocenters. The number of ether oxygens (including phenoxy) is 2. The highest BCUT2D eigenvalue weighted by Gasteiger charge is 2.26. The number of para-hydroxylation sites is 2. The largest absolute Gasteiger partial charge is 0.497 e. The summed E-state index contributed by atoms with van der Waals surface area (Å²) in [4.78, 5) is 22.3. The van der Waals surface area contributed by atoms with Gasteiger partial charge in [-0.15, -0.1) is 0 Å². The van der Waals surface area contributed by atoms with Crippen LogP contribution < -0.4 is 10.5 Å². The number of esters is 1. The molecule has 0 aliphatic heterocycles. The summed E-state index contributed by atoms with van der Waals surface area (Å²) in [6.45, 7) is 4.25. The van der Waals surface area contributed by atoms with Crippen molar-refractivity contribution in [2.75, 3.05) is 19.5 Å². The van der Waals surface area contributed by atoms with E-state index in [-0.39, 0.29) is 17.3 Å². The molecule has 0 atom stereocenters. The summed E-state index contributed by atoms with van der Waals surface area (Å²) in [5.74, 6) is 0.602. The average Bonchev–Trinajstić information content (AvgIpc) is 3.01. The summed E-state index contributed by atoms with van der Waals surface area (Å²) in [6.07, 6.45) is 0. The second kappa shape index (κ2) is 7.43. The minimum Gasteiger partial charge on any atom is -0.497 e. The van der Waals surface area contributed by atoms with Crippen LogP contribution in [0.15, 0.2) is 48.5 Å². The van der Waals surface area contributed by atoms with Gasteiger partial charge in [0.05, 0.1) is 30.4 Å². The van der Waals surface area contributed by atoms with E-state index in [1.807, 2.05) is 62.4 Å². The quantitative estimate of drug-likeness (QED) is 0.518. The fourth-order valence-corrected chi connectivity index (χ4v) is 3.19. The van der Waals surface area contributed by atoms with Crippen molar-refractivity contribution in [3.63, 3.8) is 0 Å². The molecule has 29 heavy (non-hydrogen) atoms. The number of nitrogens with two attached hydrogens (primary N) is 1. The second-order valence-electron chi connectivity index (χ2n) is 7.17. The molecule has 0 saturated heterocycles. The lowest BCUT2D eigenvalue weighted by molar-refractivity contribution is 0.0462. The molecule has 0 amide bonds. The molecule has 7 nitrogen and oxygen atoms in total.